The van der Waals surface area contributed by atoms with E-state index in [1.54, 1.807) is 0 Å². The second-order valence-electron chi connectivity index (χ2n) is 4.23. The number of hydrogen-bond donors (Lipinski definition) is 1. The lowest BCUT2D eigenvalue weighted by Crippen LogP contribution is -2.50. The zero-order chi connectivity index (χ0) is 10.8. The molecule has 0 bridgehead atoms. The molecule has 0 radical (unpaired) electrons. The van der Waals surface area contributed by atoms with Crippen molar-refractivity contribution in [3.05, 3.63) is 34.3 Å². The van der Waals surface area contributed by atoms with Gasteiger partial charge in [-0.15, -0.1) is 0 Å². The quantitative estimate of drug-likeness (QED) is 0.853. The van der Waals surface area contributed by atoms with Crippen molar-refractivity contribution in [1.82, 2.24) is 4.90 Å². The van der Waals surface area contributed by atoms with E-state index >= 15 is 0 Å². The maximum absolute atomic E-state index is 5.99. The van der Waals surface area contributed by atoms with Gasteiger partial charge in [-0.25, -0.2) is 0 Å². The fourth-order valence-electron chi connectivity index (χ4n) is 2.01. The maximum Gasteiger partial charge on any atom is 0.0435 e. The van der Waals surface area contributed by atoms with E-state index in [0.29, 0.717) is 6.04 Å². The van der Waals surface area contributed by atoms with Gasteiger partial charge in [-0.2, -0.15) is 0 Å². The Labute approximate surface area is 96.0 Å². The zero-order valence-electron chi connectivity index (χ0n) is 9.04. The van der Waals surface area contributed by atoms with Crippen molar-refractivity contribution in [2.24, 2.45) is 5.73 Å². The van der Waals surface area contributed by atoms with Crippen molar-refractivity contribution in [1.29, 1.82) is 0 Å². The van der Waals surface area contributed by atoms with Gasteiger partial charge in [0.05, 0.1) is 0 Å². The predicted octanol–water partition coefficient (Wildman–Crippen LogP) is 2.18. The number of hydrogen-bond acceptors (Lipinski definition) is 2. The van der Waals surface area contributed by atoms with E-state index in [0.717, 1.165) is 23.7 Å². The minimum absolute atomic E-state index is 0.584. The first-order valence-electron chi connectivity index (χ1n) is 5.40. The van der Waals surface area contributed by atoms with Crippen LogP contribution in [0.2, 0.25) is 5.02 Å². The normalized spacial score (nSPS) is 21.4. The zero-order valence-corrected chi connectivity index (χ0v) is 9.80. The number of benzene rings is 1. The monoisotopic (exact) mass is 224 g/mol. The molecule has 3 heteroatoms. The fourth-order valence-corrected chi connectivity index (χ4v) is 2.13. The van der Waals surface area contributed by atoms with E-state index in [1.165, 1.54) is 18.5 Å². The molecule has 0 saturated carbocycles. The molecule has 0 aromatic heterocycles. The number of nitrogens with zero attached hydrogens (tertiary/aromatic N) is 1. The van der Waals surface area contributed by atoms with Crippen molar-refractivity contribution in [3.63, 3.8) is 0 Å². The van der Waals surface area contributed by atoms with E-state index < -0.39 is 0 Å². The highest BCUT2D eigenvalue weighted by atomic mass is 35.5. The summed E-state index contributed by atoms with van der Waals surface area (Å²) in [4.78, 5) is 2.42. The molecule has 0 spiro atoms. The van der Waals surface area contributed by atoms with Crippen LogP contribution in [0.4, 0.5) is 0 Å². The van der Waals surface area contributed by atoms with Crippen LogP contribution in [-0.2, 0) is 6.54 Å². The lowest BCUT2D eigenvalue weighted by atomic mass is 10.0. The van der Waals surface area contributed by atoms with Gasteiger partial charge in [-0.3, -0.25) is 4.90 Å². The molecule has 2 N–H and O–H groups in total. The molecule has 15 heavy (non-hydrogen) atoms. The van der Waals surface area contributed by atoms with Crippen LogP contribution < -0.4 is 5.73 Å². The van der Waals surface area contributed by atoms with Gasteiger partial charge in [0.2, 0.25) is 0 Å². The van der Waals surface area contributed by atoms with Crippen LogP contribution in [0.25, 0.3) is 0 Å². The van der Waals surface area contributed by atoms with Crippen LogP contribution in [0.15, 0.2) is 18.2 Å². The molecule has 1 fully saturated rings. The number of rotatable bonds is 3. The molecule has 1 saturated heterocycles. The first-order chi connectivity index (χ1) is 7.20. The molecule has 82 valence electrons. The molecule has 1 atom stereocenters. The molecule has 1 heterocycles. The van der Waals surface area contributed by atoms with E-state index in [1.807, 2.05) is 13.0 Å². The molecule has 2 nitrogen and oxygen atoms in total. The first-order valence-corrected chi connectivity index (χ1v) is 5.77. The van der Waals surface area contributed by atoms with E-state index in [-0.39, 0.29) is 0 Å². The summed E-state index contributed by atoms with van der Waals surface area (Å²) >= 11 is 5.99. The SMILES string of the molecule is Cc1cc(CN2CCC2CN)ccc1Cl. The minimum Gasteiger partial charge on any atom is -0.329 e. The number of nitrogens with two attached hydrogens (primary N) is 1. The van der Waals surface area contributed by atoms with Gasteiger partial charge in [-0.05, 0) is 30.5 Å². The average molecular weight is 225 g/mol. The van der Waals surface area contributed by atoms with Crippen LogP contribution in [-0.4, -0.2) is 24.0 Å². The largest absolute Gasteiger partial charge is 0.329 e. The standard InChI is InChI=1S/C12H17ClN2/c1-9-6-10(2-3-12(9)13)8-15-5-4-11(15)7-14/h2-3,6,11H,4-5,7-8,14H2,1H3. The Bertz CT molecular complexity index is 349. The Hall–Kier alpha value is -0.570. The molecule has 1 unspecified atom stereocenters. The molecule has 1 aromatic carbocycles. The summed E-state index contributed by atoms with van der Waals surface area (Å²) in [7, 11) is 0. The Morgan fingerprint density at radius 3 is 2.87 bits per heavy atom. The summed E-state index contributed by atoms with van der Waals surface area (Å²) in [5.41, 5.74) is 8.15. The Balaban J connectivity index is 2.02. The van der Waals surface area contributed by atoms with Gasteiger partial charge in [0, 0.05) is 30.7 Å². The van der Waals surface area contributed by atoms with Gasteiger partial charge in [0.25, 0.3) is 0 Å². The Morgan fingerprint density at radius 2 is 2.33 bits per heavy atom. The molecule has 1 aromatic rings. The van der Waals surface area contributed by atoms with E-state index in [2.05, 4.69) is 17.0 Å². The molecule has 0 amide bonds. The van der Waals surface area contributed by atoms with Crippen LogP contribution in [0.1, 0.15) is 17.5 Å². The van der Waals surface area contributed by atoms with Gasteiger partial charge in [-0.1, -0.05) is 23.7 Å². The number of aryl methyl sites for hydroxylation is 1. The van der Waals surface area contributed by atoms with Crippen LogP contribution in [0.5, 0.6) is 0 Å². The summed E-state index contributed by atoms with van der Waals surface area (Å²) in [6.45, 7) is 4.98. The second-order valence-corrected chi connectivity index (χ2v) is 4.64. The third-order valence-electron chi connectivity index (χ3n) is 3.15. The fraction of sp³-hybridized carbons (Fsp3) is 0.500. The van der Waals surface area contributed by atoms with Crippen LogP contribution in [0, 0.1) is 6.92 Å². The topological polar surface area (TPSA) is 29.3 Å². The molecule has 0 aliphatic carbocycles. The lowest BCUT2D eigenvalue weighted by molar-refractivity contribution is 0.0882. The average Bonchev–Trinajstić information content (AvgIpc) is 2.19. The molecule has 2 rings (SSSR count). The second kappa shape index (κ2) is 4.52. The van der Waals surface area contributed by atoms with Crippen molar-refractivity contribution in [2.75, 3.05) is 13.1 Å². The Kier molecular flexibility index (Phi) is 3.29. The van der Waals surface area contributed by atoms with Crippen molar-refractivity contribution < 1.29 is 0 Å². The van der Waals surface area contributed by atoms with Crippen molar-refractivity contribution in [3.8, 4) is 0 Å². The van der Waals surface area contributed by atoms with Gasteiger partial charge < -0.3 is 5.73 Å². The van der Waals surface area contributed by atoms with E-state index in [9.17, 15) is 0 Å². The van der Waals surface area contributed by atoms with Gasteiger partial charge >= 0.3 is 0 Å². The maximum atomic E-state index is 5.99. The third kappa shape index (κ3) is 2.33. The summed E-state index contributed by atoms with van der Waals surface area (Å²) in [5, 5.41) is 0.845. The molecule has 1 aliphatic rings. The molecular weight excluding hydrogens is 208 g/mol. The Morgan fingerprint density at radius 1 is 1.53 bits per heavy atom. The van der Waals surface area contributed by atoms with Crippen molar-refractivity contribution in [2.45, 2.75) is 25.9 Å². The highest BCUT2D eigenvalue weighted by Crippen LogP contribution is 2.22. The summed E-state index contributed by atoms with van der Waals surface area (Å²) in [6, 6.07) is 6.82. The molecular formula is C12H17ClN2. The highest BCUT2D eigenvalue weighted by molar-refractivity contribution is 6.31. The number of halogens is 1. The van der Waals surface area contributed by atoms with Crippen LogP contribution in [0.3, 0.4) is 0 Å². The summed E-state index contributed by atoms with van der Waals surface area (Å²) in [5.74, 6) is 0. The van der Waals surface area contributed by atoms with Crippen molar-refractivity contribution >= 4 is 11.6 Å². The first kappa shape index (κ1) is 10.9. The molecule has 1 aliphatic heterocycles. The smallest absolute Gasteiger partial charge is 0.0435 e. The highest BCUT2D eigenvalue weighted by Gasteiger charge is 2.26. The van der Waals surface area contributed by atoms with Gasteiger partial charge in [0.1, 0.15) is 0 Å². The summed E-state index contributed by atoms with van der Waals surface area (Å²) in [6.07, 6.45) is 1.24. The van der Waals surface area contributed by atoms with Gasteiger partial charge in [0.15, 0.2) is 0 Å². The predicted molar refractivity (Wildman–Crippen MR) is 64.1 cm³/mol. The number of likely N-dealkylation sites (tertiary alicyclic amines) is 1. The van der Waals surface area contributed by atoms with E-state index in [4.69, 9.17) is 17.3 Å². The third-order valence-corrected chi connectivity index (χ3v) is 3.57. The van der Waals surface area contributed by atoms with Crippen LogP contribution >= 0.6 is 11.6 Å². The minimum atomic E-state index is 0.584. The summed E-state index contributed by atoms with van der Waals surface area (Å²) < 4.78 is 0. The lowest BCUT2D eigenvalue weighted by Gasteiger charge is -2.40.